The lowest BCUT2D eigenvalue weighted by molar-refractivity contribution is 0.503. The molecule has 0 spiro atoms. The van der Waals surface area contributed by atoms with Crippen molar-refractivity contribution in [3.63, 3.8) is 0 Å². The SMILES string of the molecule is Cc1cccc2c1NC(C(C)CN)C2. The van der Waals surface area contributed by atoms with Crippen molar-refractivity contribution in [2.75, 3.05) is 11.9 Å². The highest BCUT2D eigenvalue weighted by Gasteiger charge is 2.25. The molecule has 2 nitrogen and oxygen atoms in total. The van der Waals surface area contributed by atoms with E-state index in [0.29, 0.717) is 12.0 Å². The van der Waals surface area contributed by atoms with Crippen LogP contribution in [0, 0.1) is 12.8 Å². The zero-order chi connectivity index (χ0) is 10.1. The maximum Gasteiger partial charge on any atom is 0.0405 e. The molecule has 0 saturated carbocycles. The van der Waals surface area contributed by atoms with E-state index in [0.717, 1.165) is 13.0 Å². The van der Waals surface area contributed by atoms with E-state index in [1.807, 2.05) is 0 Å². The van der Waals surface area contributed by atoms with Gasteiger partial charge in [0.15, 0.2) is 0 Å². The Kier molecular flexibility index (Phi) is 2.46. The Hall–Kier alpha value is -1.02. The van der Waals surface area contributed by atoms with Gasteiger partial charge in [-0.3, -0.25) is 0 Å². The van der Waals surface area contributed by atoms with E-state index in [4.69, 9.17) is 5.73 Å². The normalized spacial score (nSPS) is 21.5. The summed E-state index contributed by atoms with van der Waals surface area (Å²) in [5.74, 6) is 0.543. The van der Waals surface area contributed by atoms with Gasteiger partial charge in [-0.1, -0.05) is 25.1 Å². The lowest BCUT2D eigenvalue weighted by atomic mass is 9.99. The summed E-state index contributed by atoms with van der Waals surface area (Å²) in [7, 11) is 0. The van der Waals surface area contributed by atoms with Crippen LogP contribution in [-0.4, -0.2) is 12.6 Å². The number of nitrogens with two attached hydrogens (primary N) is 1. The minimum Gasteiger partial charge on any atom is -0.381 e. The molecule has 0 bridgehead atoms. The van der Waals surface area contributed by atoms with Crippen LogP contribution in [0.4, 0.5) is 5.69 Å². The largest absolute Gasteiger partial charge is 0.381 e. The number of rotatable bonds is 2. The van der Waals surface area contributed by atoms with E-state index in [2.05, 4.69) is 37.4 Å². The zero-order valence-electron chi connectivity index (χ0n) is 8.88. The minimum absolute atomic E-state index is 0.524. The summed E-state index contributed by atoms with van der Waals surface area (Å²) in [6.07, 6.45) is 1.12. The lowest BCUT2D eigenvalue weighted by Gasteiger charge is -2.18. The lowest BCUT2D eigenvalue weighted by Crippen LogP contribution is -2.30. The van der Waals surface area contributed by atoms with Gasteiger partial charge in [0.25, 0.3) is 0 Å². The number of hydrogen-bond donors (Lipinski definition) is 2. The summed E-state index contributed by atoms with van der Waals surface area (Å²) in [6, 6.07) is 7.02. The monoisotopic (exact) mass is 190 g/mol. The molecule has 3 N–H and O–H groups in total. The summed E-state index contributed by atoms with van der Waals surface area (Å²) >= 11 is 0. The zero-order valence-corrected chi connectivity index (χ0v) is 8.88. The third kappa shape index (κ3) is 1.50. The Morgan fingerprint density at radius 3 is 3.00 bits per heavy atom. The number of anilines is 1. The van der Waals surface area contributed by atoms with E-state index in [-0.39, 0.29) is 0 Å². The van der Waals surface area contributed by atoms with Crippen molar-refractivity contribution in [1.82, 2.24) is 0 Å². The van der Waals surface area contributed by atoms with Gasteiger partial charge >= 0.3 is 0 Å². The molecular formula is C12H18N2. The number of fused-ring (bicyclic) bond motifs is 1. The highest BCUT2D eigenvalue weighted by atomic mass is 15.0. The third-order valence-corrected chi connectivity index (χ3v) is 3.19. The molecule has 1 aliphatic heterocycles. The first-order valence-electron chi connectivity index (χ1n) is 5.27. The highest BCUT2D eigenvalue weighted by Crippen LogP contribution is 2.31. The summed E-state index contributed by atoms with van der Waals surface area (Å²) < 4.78 is 0. The molecule has 2 atom stereocenters. The third-order valence-electron chi connectivity index (χ3n) is 3.19. The van der Waals surface area contributed by atoms with Crippen molar-refractivity contribution in [3.05, 3.63) is 29.3 Å². The fourth-order valence-corrected chi connectivity index (χ4v) is 2.09. The molecule has 1 aliphatic rings. The Labute approximate surface area is 85.5 Å². The van der Waals surface area contributed by atoms with Crippen molar-refractivity contribution in [2.45, 2.75) is 26.3 Å². The highest BCUT2D eigenvalue weighted by molar-refractivity contribution is 5.61. The molecule has 2 unspecified atom stereocenters. The first-order valence-corrected chi connectivity index (χ1v) is 5.27. The fraction of sp³-hybridized carbons (Fsp3) is 0.500. The van der Waals surface area contributed by atoms with Gasteiger partial charge in [-0.05, 0) is 36.9 Å². The smallest absolute Gasteiger partial charge is 0.0405 e. The first kappa shape index (κ1) is 9.53. The van der Waals surface area contributed by atoms with Crippen LogP contribution in [0.25, 0.3) is 0 Å². The van der Waals surface area contributed by atoms with Gasteiger partial charge < -0.3 is 11.1 Å². The summed E-state index contributed by atoms with van der Waals surface area (Å²) in [4.78, 5) is 0. The molecule has 0 radical (unpaired) electrons. The van der Waals surface area contributed by atoms with Crippen LogP contribution in [0.1, 0.15) is 18.1 Å². The van der Waals surface area contributed by atoms with Gasteiger partial charge in [-0.25, -0.2) is 0 Å². The van der Waals surface area contributed by atoms with E-state index in [1.165, 1.54) is 16.8 Å². The molecule has 14 heavy (non-hydrogen) atoms. The Morgan fingerprint density at radius 2 is 2.36 bits per heavy atom. The maximum absolute atomic E-state index is 5.68. The van der Waals surface area contributed by atoms with Gasteiger partial charge in [0.2, 0.25) is 0 Å². The van der Waals surface area contributed by atoms with Crippen LogP contribution in [0.3, 0.4) is 0 Å². The van der Waals surface area contributed by atoms with Gasteiger partial charge in [0, 0.05) is 11.7 Å². The summed E-state index contributed by atoms with van der Waals surface area (Å²) in [5, 5.41) is 3.57. The quantitative estimate of drug-likeness (QED) is 0.747. The van der Waals surface area contributed by atoms with Crippen molar-refractivity contribution in [3.8, 4) is 0 Å². The second-order valence-electron chi connectivity index (χ2n) is 4.28. The fourth-order valence-electron chi connectivity index (χ4n) is 2.09. The predicted octanol–water partition coefficient (Wildman–Crippen LogP) is 1.93. The van der Waals surface area contributed by atoms with Gasteiger partial charge in [0.1, 0.15) is 0 Å². The van der Waals surface area contributed by atoms with Crippen LogP contribution in [0.15, 0.2) is 18.2 Å². The molecule has 0 amide bonds. The van der Waals surface area contributed by atoms with E-state index in [9.17, 15) is 0 Å². The van der Waals surface area contributed by atoms with E-state index in [1.54, 1.807) is 0 Å². The van der Waals surface area contributed by atoms with Crippen LogP contribution >= 0.6 is 0 Å². The average molecular weight is 190 g/mol. The second kappa shape index (κ2) is 3.62. The van der Waals surface area contributed by atoms with Gasteiger partial charge in [0.05, 0.1) is 0 Å². The van der Waals surface area contributed by atoms with Crippen LogP contribution in [-0.2, 0) is 6.42 Å². The average Bonchev–Trinajstić information content (AvgIpc) is 2.62. The van der Waals surface area contributed by atoms with Crippen molar-refractivity contribution >= 4 is 5.69 Å². The van der Waals surface area contributed by atoms with Gasteiger partial charge in [-0.2, -0.15) is 0 Å². The Bertz CT molecular complexity index is 333. The molecule has 1 heterocycles. The molecule has 1 aromatic rings. The number of para-hydroxylation sites is 1. The number of benzene rings is 1. The Morgan fingerprint density at radius 1 is 1.57 bits per heavy atom. The Balaban J connectivity index is 2.22. The number of hydrogen-bond acceptors (Lipinski definition) is 2. The van der Waals surface area contributed by atoms with Crippen molar-refractivity contribution < 1.29 is 0 Å². The van der Waals surface area contributed by atoms with Crippen LogP contribution in [0.5, 0.6) is 0 Å². The second-order valence-corrected chi connectivity index (χ2v) is 4.28. The van der Waals surface area contributed by atoms with Gasteiger partial charge in [-0.15, -0.1) is 0 Å². The molecule has 2 heteroatoms. The van der Waals surface area contributed by atoms with E-state index >= 15 is 0 Å². The molecule has 1 aromatic carbocycles. The number of aryl methyl sites for hydroxylation is 1. The molecule has 0 aliphatic carbocycles. The molecule has 0 aromatic heterocycles. The van der Waals surface area contributed by atoms with Crippen LogP contribution in [0.2, 0.25) is 0 Å². The van der Waals surface area contributed by atoms with Crippen LogP contribution < -0.4 is 11.1 Å². The molecule has 0 fully saturated rings. The predicted molar refractivity (Wildman–Crippen MR) is 60.5 cm³/mol. The maximum atomic E-state index is 5.68. The minimum atomic E-state index is 0.524. The topological polar surface area (TPSA) is 38.0 Å². The van der Waals surface area contributed by atoms with E-state index < -0.39 is 0 Å². The van der Waals surface area contributed by atoms with Crippen molar-refractivity contribution in [2.24, 2.45) is 11.7 Å². The standard InChI is InChI=1S/C12H18N2/c1-8-4-3-5-10-6-11(9(2)7-13)14-12(8)10/h3-5,9,11,14H,6-7,13H2,1-2H3. The molecular weight excluding hydrogens is 172 g/mol. The summed E-state index contributed by atoms with van der Waals surface area (Å²) in [6.45, 7) is 5.12. The van der Waals surface area contributed by atoms with Crippen molar-refractivity contribution in [1.29, 1.82) is 0 Å². The number of nitrogens with one attached hydrogen (secondary N) is 1. The first-order chi connectivity index (χ1) is 6.72. The summed E-state index contributed by atoms with van der Waals surface area (Å²) in [5.41, 5.74) is 9.80. The molecule has 0 saturated heterocycles. The molecule has 2 rings (SSSR count). The molecule has 76 valence electrons.